The maximum atomic E-state index is 6.39. The first kappa shape index (κ1) is 11.2. The highest BCUT2D eigenvalue weighted by Gasteiger charge is 2.27. The molecule has 2 aromatic rings. The van der Waals surface area contributed by atoms with Gasteiger partial charge in [0, 0.05) is 17.6 Å². The summed E-state index contributed by atoms with van der Waals surface area (Å²) in [7, 11) is 0. The third-order valence-corrected chi connectivity index (χ3v) is 4.24. The van der Waals surface area contributed by atoms with Crippen molar-refractivity contribution in [3.05, 3.63) is 35.0 Å². The molecular formula is C15H18ClN. The Morgan fingerprint density at radius 1 is 1.41 bits per heavy atom. The van der Waals surface area contributed by atoms with Gasteiger partial charge in [0.25, 0.3) is 0 Å². The molecule has 1 saturated carbocycles. The van der Waals surface area contributed by atoms with Gasteiger partial charge in [-0.25, -0.2) is 0 Å². The number of nitrogens with zero attached hydrogens (tertiary/aromatic N) is 1. The zero-order valence-electron chi connectivity index (χ0n) is 10.4. The highest BCUT2D eigenvalue weighted by Crippen LogP contribution is 2.42. The van der Waals surface area contributed by atoms with Crippen LogP contribution in [0.1, 0.15) is 50.6 Å². The van der Waals surface area contributed by atoms with Crippen LogP contribution in [0.15, 0.2) is 24.4 Å². The summed E-state index contributed by atoms with van der Waals surface area (Å²) in [5, 5.41) is 2.17. The number of hydrogen-bond acceptors (Lipinski definition) is 0. The van der Waals surface area contributed by atoms with Crippen LogP contribution in [0.2, 0.25) is 5.02 Å². The second-order valence-corrected chi connectivity index (χ2v) is 5.57. The molecule has 1 unspecified atom stereocenters. The first-order chi connectivity index (χ1) is 8.22. The van der Waals surface area contributed by atoms with Crippen molar-refractivity contribution in [3.63, 3.8) is 0 Å². The van der Waals surface area contributed by atoms with Crippen molar-refractivity contribution in [1.29, 1.82) is 0 Å². The molecule has 0 aliphatic heterocycles. The van der Waals surface area contributed by atoms with Gasteiger partial charge in [0.1, 0.15) is 0 Å². The average Bonchev–Trinajstić information content (AvgIpc) is 3.10. The fraction of sp³-hybridized carbons (Fsp3) is 0.467. The molecule has 1 fully saturated rings. The highest BCUT2D eigenvalue weighted by molar-refractivity contribution is 6.35. The van der Waals surface area contributed by atoms with E-state index in [4.69, 9.17) is 11.6 Å². The number of fused-ring (bicyclic) bond motifs is 1. The van der Waals surface area contributed by atoms with Gasteiger partial charge in [0.2, 0.25) is 0 Å². The Balaban J connectivity index is 2.27. The van der Waals surface area contributed by atoms with Crippen LogP contribution in [0.25, 0.3) is 10.9 Å². The number of halogens is 1. The normalized spacial score (nSPS) is 17.6. The molecule has 1 aliphatic carbocycles. The second-order valence-electron chi connectivity index (χ2n) is 5.17. The Labute approximate surface area is 107 Å². The fourth-order valence-corrected chi connectivity index (χ4v) is 2.82. The largest absolute Gasteiger partial charge is 0.344 e. The first-order valence-electron chi connectivity index (χ1n) is 6.51. The van der Waals surface area contributed by atoms with Crippen LogP contribution < -0.4 is 0 Å². The van der Waals surface area contributed by atoms with Crippen LogP contribution >= 0.6 is 11.6 Å². The number of aromatic nitrogens is 1. The molecule has 3 rings (SSSR count). The van der Waals surface area contributed by atoms with Crippen molar-refractivity contribution >= 4 is 22.5 Å². The molecule has 0 bridgehead atoms. The lowest BCUT2D eigenvalue weighted by atomic mass is 9.98. The number of rotatable bonds is 3. The summed E-state index contributed by atoms with van der Waals surface area (Å²) >= 11 is 6.39. The van der Waals surface area contributed by atoms with Crippen LogP contribution in [0.4, 0.5) is 0 Å². The first-order valence-corrected chi connectivity index (χ1v) is 6.89. The van der Waals surface area contributed by atoms with Gasteiger partial charge < -0.3 is 4.57 Å². The molecule has 0 radical (unpaired) electrons. The van der Waals surface area contributed by atoms with Crippen LogP contribution in [-0.4, -0.2) is 4.57 Å². The maximum Gasteiger partial charge on any atom is 0.0502 e. The van der Waals surface area contributed by atoms with Gasteiger partial charge in [0.05, 0.1) is 10.5 Å². The lowest BCUT2D eigenvalue weighted by Crippen LogP contribution is -1.91. The molecule has 1 nitrogen and oxygen atoms in total. The fourth-order valence-electron chi connectivity index (χ4n) is 2.55. The molecule has 0 spiro atoms. The van der Waals surface area contributed by atoms with Crippen LogP contribution in [0, 0.1) is 0 Å². The van der Waals surface area contributed by atoms with Crippen LogP contribution in [-0.2, 0) is 0 Å². The van der Waals surface area contributed by atoms with E-state index >= 15 is 0 Å². The van der Waals surface area contributed by atoms with E-state index in [2.05, 4.69) is 36.7 Å². The van der Waals surface area contributed by atoms with Crippen molar-refractivity contribution < 1.29 is 0 Å². The monoisotopic (exact) mass is 247 g/mol. The van der Waals surface area contributed by atoms with Crippen molar-refractivity contribution in [2.24, 2.45) is 0 Å². The highest BCUT2D eigenvalue weighted by atomic mass is 35.5. The maximum absolute atomic E-state index is 6.39. The van der Waals surface area contributed by atoms with Crippen molar-refractivity contribution in [2.45, 2.75) is 45.1 Å². The van der Waals surface area contributed by atoms with E-state index in [-0.39, 0.29) is 0 Å². The molecule has 0 amide bonds. The zero-order valence-corrected chi connectivity index (χ0v) is 11.2. The topological polar surface area (TPSA) is 4.93 Å². The molecule has 17 heavy (non-hydrogen) atoms. The lowest BCUT2D eigenvalue weighted by molar-refractivity contribution is 0.719. The summed E-state index contributed by atoms with van der Waals surface area (Å²) in [6.07, 6.45) is 6.13. The van der Waals surface area contributed by atoms with Crippen LogP contribution in [0.3, 0.4) is 0 Å². The number of benzene rings is 1. The summed E-state index contributed by atoms with van der Waals surface area (Å²) < 4.78 is 2.43. The van der Waals surface area contributed by atoms with Gasteiger partial charge in [-0.2, -0.15) is 0 Å². The molecule has 90 valence electrons. The average molecular weight is 248 g/mol. The molecule has 0 N–H and O–H groups in total. The SMILES string of the molecule is CCC(C)c1cn(C2CC2)c2cccc(Cl)c12. The summed E-state index contributed by atoms with van der Waals surface area (Å²) in [4.78, 5) is 0. The Bertz CT molecular complexity index is 551. The molecule has 1 heterocycles. The van der Waals surface area contributed by atoms with E-state index in [1.54, 1.807) is 0 Å². The van der Waals surface area contributed by atoms with Crippen molar-refractivity contribution in [3.8, 4) is 0 Å². The van der Waals surface area contributed by atoms with E-state index in [0.717, 1.165) is 11.4 Å². The summed E-state index contributed by atoms with van der Waals surface area (Å²) in [5.74, 6) is 0.581. The van der Waals surface area contributed by atoms with Crippen LogP contribution in [0.5, 0.6) is 0 Å². The summed E-state index contributed by atoms with van der Waals surface area (Å²) in [5.41, 5.74) is 2.73. The smallest absolute Gasteiger partial charge is 0.0502 e. The number of hydrogen-bond donors (Lipinski definition) is 0. The van der Waals surface area contributed by atoms with Gasteiger partial charge in [-0.15, -0.1) is 0 Å². The predicted molar refractivity (Wildman–Crippen MR) is 73.9 cm³/mol. The van der Waals surface area contributed by atoms with E-state index in [1.807, 2.05) is 6.07 Å². The quantitative estimate of drug-likeness (QED) is 0.708. The summed E-state index contributed by atoms with van der Waals surface area (Å²) in [6, 6.07) is 6.98. The minimum absolute atomic E-state index is 0.581. The molecule has 0 saturated heterocycles. The van der Waals surface area contributed by atoms with Crippen molar-refractivity contribution in [2.75, 3.05) is 0 Å². The molecular weight excluding hydrogens is 230 g/mol. The molecule has 1 atom stereocenters. The van der Waals surface area contributed by atoms with Gasteiger partial charge in [-0.3, -0.25) is 0 Å². The van der Waals surface area contributed by atoms with Gasteiger partial charge in [-0.1, -0.05) is 31.5 Å². The molecule has 1 aromatic carbocycles. The molecule has 2 heteroatoms. The van der Waals surface area contributed by atoms with Crippen molar-refractivity contribution in [1.82, 2.24) is 4.57 Å². The molecule has 1 aliphatic rings. The van der Waals surface area contributed by atoms with E-state index < -0.39 is 0 Å². The standard InChI is InChI=1S/C15H18ClN/c1-3-10(2)12-9-17(11-7-8-11)14-6-4-5-13(16)15(12)14/h4-6,9-11H,3,7-8H2,1-2H3. The lowest BCUT2D eigenvalue weighted by Gasteiger charge is -2.07. The Morgan fingerprint density at radius 2 is 2.18 bits per heavy atom. The minimum Gasteiger partial charge on any atom is -0.344 e. The van der Waals surface area contributed by atoms with E-state index in [1.165, 1.54) is 29.3 Å². The zero-order chi connectivity index (χ0) is 12.0. The third kappa shape index (κ3) is 1.77. The van der Waals surface area contributed by atoms with E-state index in [0.29, 0.717) is 12.0 Å². The molecule has 1 aromatic heterocycles. The Kier molecular flexibility index (Phi) is 2.67. The van der Waals surface area contributed by atoms with Gasteiger partial charge in [0.15, 0.2) is 0 Å². The minimum atomic E-state index is 0.581. The Hall–Kier alpha value is -0.950. The second kappa shape index (κ2) is 4.06. The van der Waals surface area contributed by atoms with Gasteiger partial charge in [-0.05, 0) is 42.9 Å². The predicted octanol–water partition coefficient (Wildman–Crippen LogP) is 5.14. The third-order valence-electron chi connectivity index (χ3n) is 3.92. The summed E-state index contributed by atoms with van der Waals surface area (Å²) in [6.45, 7) is 4.52. The Morgan fingerprint density at radius 3 is 2.82 bits per heavy atom. The van der Waals surface area contributed by atoms with E-state index in [9.17, 15) is 0 Å². The van der Waals surface area contributed by atoms with Gasteiger partial charge >= 0.3 is 0 Å².